The van der Waals surface area contributed by atoms with Crippen molar-refractivity contribution in [3.05, 3.63) is 71.5 Å². The molecule has 1 saturated heterocycles. The molecule has 39 heavy (non-hydrogen) atoms. The predicted molar refractivity (Wildman–Crippen MR) is 152 cm³/mol. The molecule has 0 radical (unpaired) electrons. The Hall–Kier alpha value is -3.82. The van der Waals surface area contributed by atoms with Crippen molar-refractivity contribution in [2.75, 3.05) is 32.1 Å². The van der Waals surface area contributed by atoms with Crippen molar-refractivity contribution in [3.8, 4) is 17.2 Å². The lowest BCUT2D eigenvalue weighted by atomic mass is 10.1. The lowest BCUT2D eigenvalue weighted by molar-refractivity contribution is 0.0454. The van der Waals surface area contributed by atoms with Crippen LogP contribution in [-0.4, -0.2) is 68.7 Å². The number of nitrogens with zero attached hydrogens (tertiary/aromatic N) is 4. The number of aliphatic hydroxyl groups is 1. The van der Waals surface area contributed by atoms with E-state index in [4.69, 9.17) is 14.5 Å². The summed E-state index contributed by atoms with van der Waals surface area (Å²) in [4.78, 5) is 11.8. The second kappa shape index (κ2) is 11.9. The lowest BCUT2D eigenvalue weighted by Gasteiger charge is -2.37. The van der Waals surface area contributed by atoms with Crippen molar-refractivity contribution in [1.29, 1.82) is 0 Å². The molecule has 1 aliphatic heterocycles. The highest BCUT2D eigenvalue weighted by molar-refractivity contribution is 5.82. The minimum absolute atomic E-state index is 0.00400. The minimum atomic E-state index is -0.649. The Balaban J connectivity index is 1.33. The topological polar surface area (TPSA) is 105 Å². The number of nitrogens with one attached hydrogen (secondary N) is 1. The molecule has 0 spiro atoms. The fourth-order valence-electron chi connectivity index (χ4n) is 5.14. The third-order valence-electron chi connectivity index (χ3n) is 7.23. The molecule has 9 heteroatoms. The van der Waals surface area contributed by atoms with E-state index in [1.807, 2.05) is 43.3 Å². The molecule has 206 valence electrons. The number of hydrogen-bond acceptors (Lipinski definition) is 8. The molecule has 2 unspecified atom stereocenters. The van der Waals surface area contributed by atoms with Crippen molar-refractivity contribution >= 4 is 17.0 Å². The average molecular weight is 532 g/mol. The molecule has 1 aliphatic rings. The first kappa shape index (κ1) is 26.8. The van der Waals surface area contributed by atoms with Crippen LogP contribution in [0.25, 0.3) is 11.0 Å². The van der Waals surface area contributed by atoms with Gasteiger partial charge in [-0.25, -0.2) is 4.98 Å². The fourth-order valence-corrected chi connectivity index (χ4v) is 5.14. The number of fused-ring (bicyclic) bond motifs is 1. The number of pyridine rings is 1. The van der Waals surface area contributed by atoms with Crippen molar-refractivity contribution in [1.82, 2.24) is 19.4 Å². The highest BCUT2D eigenvalue weighted by atomic mass is 16.5. The molecule has 2 atom stereocenters. The maximum Gasteiger partial charge on any atom is 0.205 e. The maximum atomic E-state index is 10.8. The summed E-state index contributed by atoms with van der Waals surface area (Å²) in [5.74, 6) is 2.35. The zero-order valence-electron chi connectivity index (χ0n) is 22.8. The number of piperidine rings is 1. The highest BCUT2D eigenvalue weighted by Crippen LogP contribution is 2.28. The van der Waals surface area contributed by atoms with Gasteiger partial charge in [0.2, 0.25) is 5.95 Å². The number of imidazole rings is 1. The van der Waals surface area contributed by atoms with E-state index in [2.05, 4.69) is 32.8 Å². The van der Waals surface area contributed by atoms with Crippen LogP contribution in [0.3, 0.4) is 0 Å². The number of likely N-dealkylation sites (tertiary alicyclic amines) is 1. The Kier molecular flexibility index (Phi) is 8.18. The lowest BCUT2D eigenvalue weighted by Crippen LogP contribution is -2.49. The molecule has 2 aromatic carbocycles. The van der Waals surface area contributed by atoms with Crippen LogP contribution in [0.5, 0.6) is 17.2 Å². The van der Waals surface area contributed by atoms with Crippen molar-refractivity contribution in [3.63, 3.8) is 0 Å². The van der Waals surface area contributed by atoms with E-state index in [1.165, 1.54) is 0 Å². The van der Waals surface area contributed by atoms with E-state index in [0.717, 1.165) is 59.8 Å². The third-order valence-corrected chi connectivity index (χ3v) is 7.23. The number of anilines is 1. The van der Waals surface area contributed by atoms with E-state index in [1.54, 1.807) is 19.2 Å². The van der Waals surface area contributed by atoms with Crippen LogP contribution in [0.15, 0.2) is 54.6 Å². The number of methoxy groups -OCH3 is 1. The number of benzene rings is 2. The monoisotopic (exact) mass is 531 g/mol. The molecule has 0 aliphatic carbocycles. The van der Waals surface area contributed by atoms with Gasteiger partial charge in [0.1, 0.15) is 35.7 Å². The van der Waals surface area contributed by atoms with Gasteiger partial charge in [-0.3, -0.25) is 9.88 Å². The summed E-state index contributed by atoms with van der Waals surface area (Å²) in [6, 6.07) is 17.0. The molecule has 1 fully saturated rings. The van der Waals surface area contributed by atoms with Gasteiger partial charge in [0, 0.05) is 18.8 Å². The third kappa shape index (κ3) is 6.26. The van der Waals surface area contributed by atoms with Gasteiger partial charge in [-0.05, 0) is 81.1 Å². The molecule has 0 amide bonds. The molecule has 3 N–H and O–H groups in total. The largest absolute Gasteiger partial charge is 0.506 e. The van der Waals surface area contributed by atoms with Gasteiger partial charge in [-0.15, -0.1) is 0 Å². The zero-order valence-corrected chi connectivity index (χ0v) is 22.8. The Morgan fingerprint density at radius 2 is 1.82 bits per heavy atom. The van der Waals surface area contributed by atoms with Gasteiger partial charge >= 0.3 is 0 Å². The van der Waals surface area contributed by atoms with Crippen molar-refractivity contribution in [2.24, 2.45) is 0 Å². The summed E-state index contributed by atoms with van der Waals surface area (Å²) >= 11 is 0. The van der Waals surface area contributed by atoms with E-state index < -0.39 is 6.10 Å². The predicted octanol–water partition coefficient (Wildman–Crippen LogP) is 4.47. The maximum absolute atomic E-state index is 10.8. The summed E-state index contributed by atoms with van der Waals surface area (Å²) in [5.41, 5.74) is 4.44. The highest BCUT2D eigenvalue weighted by Gasteiger charge is 2.27. The number of aromatic hydroxyl groups is 1. The summed E-state index contributed by atoms with van der Waals surface area (Å²) in [7, 11) is 1.63. The summed E-state index contributed by atoms with van der Waals surface area (Å²) in [5, 5.41) is 25.0. The molecular weight excluding hydrogens is 494 g/mol. The second-order valence-electron chi connectivity index (χ2n) is 10.2. The average Bonchev–Trinajstić information content (AvgIpc) is 3.29. The Bertz CT molecular complexity index is 1400. The normalized spacial score (nSPS) is 16.8. The Morgan fingerprint density at radius 3 is 2.62 bits per heavy atom. The smallest absolute Gasteiger partial charge is 0.205 e. The summed E-state index contributed by atoms with van der Waals surface area (Å²) in [6.07, 6.45) is 2.45. The van der Waals surface area contributed by atoms with Crippen LogP contribution < -0.4 is 14.8 Å². The molecule has 3 heterocycles. The molecule has 4 aromatic rings. The zero-order chi connectivity index (χ0) is 27.4. The quantitative estimate of drug-likeness (QED) is 0.275. The van der Waals surface area contributed by atoms with E-state index in [9.17, 15) is 10.2 Å². The molecule has 5 rings (SSSR count). The number of ether oxygens (including phenoxy) is 2. The van der Waals surface area contributed by atoms with Gasteiger partial charge in [-0.2, -0.15) is 0 Å². The standard InChI is InChI=1S/C30H37N5O4/c1-20-7-6-8-26-29(20)33-30(35(26)18-25-27(37)15-10-21(2)31-25)32-28-9-4-5-16-34(28)17-22(36)19-39-24-13-11-23(38-3)12-14-24/h6-8,10-15,22,28,36-37H,4-5,9,16-19H2,1-3H3,(H,32,33). The summed E-state index contributed by atoms with van der Waals surface area (Å²) < 4.78 is 13.1. The van der Waals surface area contributed by atoms with Crippen LogP contribution in [0.4, 0.5) is 5.95 Å². The molecule has 0 saturated carbocycles. The van der Waals surface area contributed by atoms with Crippen molar-refractivity contribution in [2.45, 2.75) is 51.9 Å². The first-order valence-electron chi connectivity index (χ1n) is 13.5. The van der Waals surface area contributed by atoms with E-state index >= 15 is 0 Å². The fraction of sp³-hybridized carbons (Fsp3) is 0.400. The Labute approximate surface area is 229 Å². The van der Waals surface area contributed by atoms with Crippen LogP contribution in [0.1, 0.15) is 36.2 Å². The van der Waals surface area contributed by atoms with Crippen LogP contribution in [0.2, 0.25) is 0 Å². The van der Waals surface area contributed by atoms with Gasteiger partial charge < -0.3 is 29.6 Å². The SMILES string of the molecule is COc1ccc(OCC(O)CN2CCCCC2Nc2nc3c(C)cccc3n2Cc2nc(C)ccc2O)cc1. The van der Waals surface area contributed by atoms with Gasteiger partial charge in [0.25, 0.3) is 0 Å². The first-order chi connectivity index (χ1) is 18.9. The number of hydrogen-bond donors (Lipinski definition) is 3. The van der Waals surface area contributed by atoms with Gasteiger partial charge in [-0.1, -0.05) is 12.1 Å². The van der Waals surface area contributed by atoms with Crippen LogP contribution in [0, 0.1) is 13.8 Å². The van der Waals surface area contributed by atoms with E-state index in [-0.39, 0.29) is 18.5 Å². The minimum Gasteiger partial charge on any atom is -0.506 e. The number of aryl methyl sites for hydroxylation is 2. The number of aromatic nitrogens is 3. The molecule has 0 bridgehead atoms. The van der Waals surface area contributed by atoms with Gasteiger partial charge in [0.15, 0.2) is 0 Å². The molecular formula is C30H37N5O4. The number of aliphatic hydroxyl groups excluding tert-OH is 1. The molecule has 2 aromatic heterocycles. The molecule has 9 nitrogen and oxygen atoms in total. The summed E-state index contributed by atoms with van der Waals surface area (Å²) in [6.45, 7) is 5.91. The van der Waals surface area contributed by atoms with Crippen LogP contribution in [-0.2, 0) is 6.54 Å². The van der Waals surface area contributed by atoms with Crippen LogP contribution >= 0.6 is 0 Å². The number of para-hydroxylation sites is 1. The van der Waals surface area contributed by atoms with Gasteiger partial charge in [0.05, 0.1) is 30.9 Å². The Morgan fingerprint density at radius 1 is 1.03 bits per heavy atom. The number of rotatable bonds is 10. The second-order valence-corrected chi connectivity index (χ2v) is 10.2. The first-order valence-corrected chi connectivity index (χ1v) is 13.5. The number of β-amino-alcohol motifs (C(OH)–C–C–N with tert-alkyl or cyclic N) is 1. The van der Waals surface area contributed by atoms with Crippen molar-refractivity contribution < 1.29 is 19.7 Å². The van der Waals surface area contributed by atoms with E-state index in [0.29, 0.717) is 24.5 Å².